The Balaban J connectivity index is 1.42. The van der Waals surface area contributed by atoms with E-state index in [0.717, 1.165) is 12.1 Å². The van der Waals surface area contributed by atoms with Crippen molar-refractivity contribution < 1.29 is 14.8 Å². The summed E-state index contributed by atoms with van der Waals surface area (Å²) in [5.74, 6) is -0.247. The topological polar surface area (TPSA) is 130 Å². The monoisotopic (exact) mass is 454 g/mol. The summed E-state index contributed by atoms with van der Waals surface area (Å²) in [6, 6.07) is 9.96. The highest BCUT2D eigenvalue weighted by atomic mass is 16.8. The number of amides is 3. The van der Waals surface area contributed by atoms with Gasteiger partial charge in [-0.3, -0.25) is 14.8 Å². The number of nitrogens with zero attached hydrogens (tertiary/aromatic N) is 3. The van der Waals surface area contributed by atoms with Crippen molar-refractivity contribution in [2.24, 2.45) is 11.8 Å². The Kier molecular flexibility index (Phi) is 6.39. The van der Waals surface area contributed by atoms with Crippen LogP contribution in [-0.2, 0) is 11.3 Å². The van der Waals surface area contributed by atoms with Gasteiger partial charge in [-0.1, -0.05) is 19.9 Å². The van der Waals surface area contributed by atoms with E-state index in [1.807, 2.05) is 24.5 Å². The molecule has 10 heteroatoms. The number of piperidine rings is 1. The lowest BCUT2D eigenvalue weighted by atomic mass is 9.83. The second kappa shape index (κ2) is 9.24. The molecule has 1 aromatic carbocycles. The molecule has 3 N–H and O–H groups in total. The van der Waals surface area contributed by atoms with Crippen LogP contribution in [0.2, 0.25) is 0 Å². The SMILES string of the molecule is CC(C)C(NC(=O)N1CC2CC(C1)c1cccc(=O)n1C2)C(=O)Nc1ccc(N([O-])O)cc1. The predicted octanol–water partition coefficient (Wildman–Crippen LogP) is 2.33. The molecule has 0 aliphatic carbocycles. The predicted molar refractivity (Wildman–Crippen MR) is 123 cm³/mol. The van der Waals surface area contributed by atoms with Gasteiger partial charge in [0.15, 0.2) is 0 Å². The Morgan fingerprint density at radius 3 is 2.52 bits per heavy atom. The number of carbonyl (C=O) groups excluding carboxylic acids is 2. The first kappa shape index (κ1) is 22.8. The standard InChI is InChI=1S/C23H28N5O5/c1-14(2)21(22(30)24-17-6-8-18(9-7-17)28(32)33)25-23(31)26-11-15-10-16(13-26)19-4-3-5-20(29)27(19)12-15/h3-9,14-16,21,32H,10-13H2,1-2H3,(H,24,30)(H,25,31)/q-1. The van der Waals surface area contributed by atoms with Crippen LogP contribution in [0.3, 0.4) is 0 Å². The number of rotatable bonds is 5. The van der Waals surface area contributed by atoms with Gasteiger partial charge >= 0.3 is 6.03 Å². The second-order valence-electron chi connectivity index (χ2n) is 9.08. The molecule has 2 aliphatic heterocycles. The van der Waals surface area contributed by atoms with Crippen molar-refractivity contribution in [3.05, 3.63) is 63.7 Å². The van der Waals surface area contributed by atoms with Crippen molar-refractivity contribution in [2.45, 2.75) is 38.8 Å². The van der Waals surface area contributed by atoms with Crippen LogP contribution in [0.4, 0.5) is 16.2 Å². The normalized spacial score (nSPS) is 20.1. The molecule has 1 aromatic heterocycles. The number of hydrogen-bond donors (Lipinski definition) is 3. The van der Waals surface area contributed by atoms with E-state index >= 15 is 0 Å². The van der Waals surface area contributed by atoms with E-state index < -0.39 is 6.04 Å². The first-order valence-electron chi connectivity index (χ1n) is 11.0. The zero-order chi connectivity index (χ0) is 23.7. The molecular formula is C23H28N5O5-. The largest absolute Gasteiger partial charge is 0.733 e. The van der Waals surface area contributed by atoms with E-state index in [1.165, 1.54) is 24.3 Å². The molecule has 176 valence electrons. The number of carbonyl (C=O) groups is 2. The fourth-order valence-electron chi connectivity index (χ4n) is 4.71. The van der Waals surface area contributed by atoms with Crippen molar-refractivity contribution in [1.29, 1.82) is 0 Å². The molecule has 2 bridgehead atoms. The van der Waals surface area contributed by atoms with Gasteiger partial charge in [0.1, 0.15) is 6.04 Å². The molecule has 3 unspecified atom stereocenters. The minimum atomic E-state index is -0.761. The van der Waals surface area contributed by atoms with Gasteiger partial charge < -0.3 is 30.5 Å². The highest BCUT2D eigenvalue weighted by molar-refractivity contribution is 5.97. The van der Waals surface area contributed by atoms with E-state index in [0.29, 0.717) is 25.3 Å². The summed E-state index contributed by atoms with van der Waals surface area (Å²) in [6.07, 6.45) is 0.936. The van der Waals surface area contributed by atoms with Crippen molar-refractivity contribution in [3.8, 4) is 0 Å². The number of aromatic nitrogens is 1. The Bertz CT molecular complexity index is 1080. The van der Waals surface area contributed by atoms with Crippen LogP contribution in [0, 0.1) is 17.0 Å². The van der Waals surface area contributed by atoms with Crippen molar-refractivity contribution in [3.63, 3.8) is 0 Å². The zero-order valence-electron chi connectivity index (χ0n) is 18.6. The Morgan fingerprint density at radius 2 is 1.85 bits per heavy atom. The fourth-order valence-corrected chi connectivity index (χ4v) is 4.71. The third-order valence-electron chi connectivity index (χ3n) is 6.35. The summed E-state index contributed by atoms with van der Waals surface area (Å²) in [4.78, 5) is 39.9. The second-order valence-corrected chi connectivity index (χ2v) is 9.08. The lowest BCUT2D eigenvalue weighted by Gasteiger charge is -2.43. The average molecular weight is 455 g/mol. The highest BCUT2D eigenvalue weighted by Gasteiger charge is 2.37. The third kappa shape index (κ3) is 4.86. The number of fused-ring (bicyclic) bond motifs is 4. The van der Waals surface area contributed by atoms with Crippen LogP contribution >= 0.6 is 0 Å². The highest BCUT2D eigenvalue weighted by Crippen LogP contribution is 2.35. The summed E-state index contributed by atoms with van der Waals surface area (Å²) in [5, 5.41) is 25.2. The Labute approximate surface area is 191 Å². The zero-order valence-corrected chi connectivity index (χ0v) is 18.6. The van der Waals surface area contributed by atoms with Crippen molar-refractivity contribution >= 4 is 23.3 Å². The van der Waals surface area contributed by atoms with Gasteiger partial charge in [0.25, 0.3) is 5.56 Å². The molecule has 4 rings (SSSR count). The molecule has 2 aromatic rings. The number of urea groups is 1. The number of benzene rings is 1. The maximum Gasteiger partial charge on any atom is 0.318 e. The van der Waals surface area contributed by atoms with Gasteiger partial charge in [-0.15, -0.1) is 0 Å². The number of pyridine rings is 1. The summed E-state index contributed by atoms with van der Waals surface area (Å²) >= 11 is 0. The van der Waals surface area contributed by atoms with Gasteiger partial charge in [-0.05, 0) is 48.6 Å². The number of hydrogen-bond acceptors (Lipinski definition) is 6. The molecular weight excluding hydrogens is 426 g/mol. The van der Waals surface area contributed by atoms with Crippen LogP contribution in [0.1, 0.15) is 31.9 Å². The Hall–Kier alpha value is -3.37. The van der Waals surface area contributed by atoms with Gasteiger partial charge in [-0.25, -0.2) is 4.79 Å². The van der Waals surface area contributed by atoms with Gasteiger partial charge in [0.05, 0.1) is 5.69 Å². The van der Waals surface area contributed by atoms with Gasteiger partial charge in [0, 0.05) is 43.0 Å². The van der Waals surface area contributed by atoms with Crippen LogP contribution < -0.4 is 21.4 Å². The van der Waals surface area contributed by atoms with E-state index in [2.05, 4.69) is 10.6 Å². The molecule has 0 radical (unpaired) electrons. The number of likely N-dealkylation sites (tertiary alicyclic amines) is 1. The quantitative estimate of drug-likeness (QED) is 0.595. The molecule has 3 heterocycles. The van der Waals surface area contributed by atoms with Gasteiger partial charge in [0.2, 0.25) is 5.91 Å². The maximum atomic E-state index is 13.1. The summed E-state index contributed by atoms with van der Waals surface area (Å²) in [6.45, 7) is 5.31. The molecule has 3 amide bonds. The maximum absolute atomic E-state index is 13.1. The van der Waals surface area contributed by atoms with E-state index in [-0.39, 0.29) is 46.2 Å². The molecule has 33 heavy (non-hydrogen) atoms. The molecule has 10 nitrogen and oxygen atoms in total. The van der Waals surface area contributed by atoms with Crippen molar-refractivity contribution in [1.82, 2.24) is 14.8 Å². The lowest BCUT2D eigenvalue weighted by molar-refractivity contribution is -0.118. The summed E-state index contributed by atoms with van der Waals surface area (Å²) in [7, 11) is 0. The minimum absolute atomic E-state index is 0.00775. The fraction of sp³-hybridized carbons (Fsp3) is 0.435. The molecule has 3 atom stereocenters. The van der Waals surface area contributed by atoms with Crippen LogP contribution in [0.25, 0.3) is 0 Å². The minimum Gasteiger partial charge on any atom is -0.733 e. The van der Waals surface area contributed by atoms with E-state index in [1.54, 1.807) is 17.0 Å². The molecule has 1 saturated heterocycles. The number of nitrogens with one attached hydrogen (secondary N) is 2. The molecule has 0 spiro atoms. The van der Waals surface area contributed by atoms with Crippen molar-refractivity contribution in [2.75, 3.05) is 23.6 Å². The van der Waals surface area contributed by atoms with Crippen LogP contribution in [0.15, 0.2) is 47.3 Å². The first-order chi connectivity index (χ1) is 15.7. The summed E-state index contributed by atoms with van der Waals surface area (Å²) in [5.41, 5.74) is 1.44. The summed E-state index contributed by atoms with van der Waals surface area (Å²) < 4.78 is 1.81. The molecule has 0 saturated carbocycles. The third-order valence-corrected chi connectivity index (χ3v) is 6.35. The molecule has 2 aliphatic rings. The van der Waals surface area contributed by atoms with E-state index in [4.69, 9.17) is 5.21 Å². The van der Waals surface area contributed by atoms with Gasteiger partial charge in [-0.2, -0.15) is 0 Å². The van der Waals surface area contributed by atoms with Crippen LogP contribution in [0.5, 0.6) is 0 Å². The Morgan fingerprint density at radius 1 is 1.12 bits per heavy atom. The molecule has 1 fully saturated rings. The lowest BCUT2D eigenvalue weighted by Crippen LogP contribution is -2.56. The first-order valence-corrected chi connectivity index (χ1v) is 11.0. The number of anilines is 2. The average Bonchev–Trinajstić information content (AvgIpc) is 2.78. The van der Waals surface area contributed by atoms with E-state index in [9.17, 15) is 19.6 Å². The van der Waals surface area contributed by atoms with Crippen LogP contribution in [-0.4, -0.2) is 45.7 Å². The smallest absolute Gasteiger partial charge is 0.318 e.